The molecule has 0 spiro atoms. The molecule has 0 bridgehead atoms. The van der Waals surface area contributed by atoms with E-state index in [4.69, 9.17) is 4.43 Å². The first-order chi connectivity index (χ1) is 6.24. The Morgan fingerprint density at radius 3 is 2.85 bits per heavy atom. The second kappa shape index (κ2) is 5.88. The summed E-state index contributed by atoms with van der Waals surface area (Å²) in [6.07, 6.45) is 3.87. The molecule has 1 atom stereocenters. The van der Waals surface area contributed by atoms with Crippen LogP contribution in [-0.4, -0.2) is 20.5 Å². The molecular formula is C10H19OSSi. The largest absolute Gasteiger partial charge is 0.415 e. The molecule has 1 aliphatic heterocycles. The molecule has 1 radical (unpaired) electrons. The van der Waals surface area contributed by atoms with Gasteiger partial charge in [0.1, 0.15) is 0 Å². The molecule has 0 aromatic heterocycles. The molecule has 1 rings (SSSR count). The highest BCUT2D eigenvalue weighted by Gasteiger charge is 2.26. The van der Waals surface area contributed by atoms with Crippen LogP contribution in [0.4, 0.5) is 0 Å². The van der Waals surface area contributed by atoms with Crippen LogP contribution in [0, 0.1) is 0 Å². The van der Waals surface area contributed by atoms with Gasteiger partial charge in [-0.2, -0.15) is 0 Å². The summed E-state index contributed by atoms with van der Waals surface area (Å²) in [6, 6.07) is 1.34. The maximum atomic E-state index is 5.87. The molecule has 0 N–H and O–H groups in total. The van der Waals surface area contributed by atoms with Crippen molar-refractivity contribution in [2.45, 2.75) is 44.0 Å². The smallest absolute Gasteiger partial charge is 0.225 e. The Morgan fingerprint density at radius 2 is 2.38 bits per heavy atom. The van der Waals surface area contributed by atoms with Gasteiger partial charge in [-0.3, -0.25) is 0 Å². The van der Waals surface area contributed by atoms with Gasteiger partial charge in [0, 0.05) is 11.5 Å². The zero-order valence-electron chi connectivity index (χ0n) is 8.64. The minimum absolute atomic E-state index is 0.530. The first-order valence-electron chi connectivity index (χ1n) is 5.04. The molecular weight excluding hydrogens is 196 g/mol. The van der Waals surface area contributed by atoms with E-state index in [2.05, 4.69) is 20.4 Å². The minimum atomic E-state index is -0.530. The van der Waals surface area contributed by atoms with Crippen molar-refractivity contribution in [2.24, 2.45) is 0 Å². The summed E-state index contributed by atoms with van der Waals surface area (Å²) in [4.78, 5) is 1.96. The Hall–Kier alpha value is 0.267. The van der Waals surface area contributed by atoms with E-state index in [0.717, 1.165) is 11.5 Å². The Morgan fingerprint density at radius 1 is 1.62 bits per heavy atom. The maximum absolute atomic E-state index is 5.87. The van der Waals surface area contributed by atoms with Crippen LogP contribution in [-0.2, 0) is 4.43 Å². The maximum Gasteiger partial charge on any atom is 0.225 e. The van der Waals surface area contributed by atoms with Crippen molar-refractivity contribution in [1.82, 2.24) is 0 Å². The first kappa shape index (κ1) is 11.3. The van der Waals surface area contributed by atoms with Crippen molar-refractivity contribution < 1.29 is 4.43 Å². The highest BCUT2D eigenvalue weighted by atomic mass is 32.2. The lowest BCUT2D eigenvalue weighted by atomic mass is 10.4. The third-order valence-corrected chi connectivity index (χ3v) is 6.89. The van der Waals surface area contributed by atoms with E-state index in [9.17, 15) is 0 Å². The minimum Gasteiger partial charge on any atom is -0.415 e. The van der Waals surface area contributed by atoms with Gasteiger partial charge in [-0.1, -0.05) is 19.9 Å². The van der Waals surface area contributed by atoms with Gasteiger partial charge >= 0.3 is 0 Å². The quantitative estimate of drug-likeness (QED) is 0.665. The predicted molar refractivity (Wildman–Crippen MR) is 62.2 cm³/mol. The zero-order chi connectivity index (χ0) is 9.68. The average Bonchev–Trinajstić information content (AvgIpc) is 2.15. The van der Waals surface area contributed by atoms with E-state index in [0.29, 0.717) is 0 Å². The van der Waals surface area contributed by atoms with Crippen molar-refractivity contribution in [3.63, 3.8) is 0 Å². The summed E-state index contributed by atoms with van der Waals surface area (Å²) in [6.45, 7) is 9.32. The van der Waals surface area contributed by atoms with Crippen LogP contribution < -0.4 is 0 Å². The van der Waals surface area contributed by atoms with Crippen LogP contribution in [0.2, 0.25) is 6.04 Å². The van der Waals surface area contributed by atoms with Gasteiger partial charge in [0.25, 0.3) is 0 Å². The average molecular weight is 215 g/mol. The van der Waals surface area contributed by atoms with E-state index in [-0.39, 0.29) is 0 Å². The predicted octanol–water partition coefficient (Wildman–Crippen LogP) is 3.37. The van der Waals surface area contributed by atoms with E-state index < -0.39 is 9.04 Å². The molecule has 3 heteroatoms. The standard InChI is InChI=1S/C10H19OSSi/c1-4-10(12-9(2)3)13-8-6-5-7-11-13/h10H,2,4-8H2,1,3H3. The highest BCUT2D eigenvalue weighted by Crippen LogP contribution is 2.28. The Kier molecular flexibility index (Phi) is 5.13. The zero-order valence-corrected chi connectivity index (χ0v) is 10.5. The van der Waals surface area contributed by atoms with Crippen LogP contribution in [0.1, 0.15) is 33.1 Å². The van der Waals surface area contributed by atoms with Gasteiger partial charge in [0.15, 0.2) is 0 Å². The molecule has 1 unspecified atom stereocenters. The van der Waals surface area contributed by atoms with Crippen molar-refractivity contribution >= 4 is 20.8 Å². The van der Waals surface area contributed by atoms with Crippen molar-refractivity contribution in [2.75, 3.05) is 6.61 Å². The third kappa shape index (κ3) is 3.88. The summed E-state index contributed by atoms with van der Waals surface area (Å²) >= 11 is 1.93. The van der Waals surface area contributed by atoms with E-state index in [1.807, 2.05) is 11.8 Å². The van der Waals surface area contributed by atoms with Gasteiger partial charge < -0.3 is 4.43 Å². The van der Waals surface area contributed by atoms with Crippen LogP contribution in [0.25, 0.3) is 0 Å². The normalized spacial score (nSPS) is 21.4. The van der Waals surface area contributed by atoms with Gasteiger partial charge in [0.05, 0.1) is 0 Å². The lowest BCUT2D eigenvalue weighted by Gasteiger charge is -2.27. The van der Waals surface area contributed by atoms with Gasteiger partial charge in [-0.15, -0.1) is 11.8 Å². The van der Waals surface area contributed by atoms with Crippen LogP contribution in [0.15, 0.2) is 11.5 Å². The number of hydrogen-bond acceptors (Lipinski definition) is 2. The third-order valence-electron chi connectivity index (χ3n) is 2.18. The van der Waals surface area contributed by atoms with E-state index in [1.54, 1.807) is 0 Å². The van der Waals surface area contributed by atoms with Gasteiger partial charge in [-0.25, -0.2) is 0 Å². The van der Waals surface area contributed by atoms with E-state index >= 15 is 0 Å². The number of hydrogen-bond donors (Lipinski definition) is 0. The summed E-state index contributed by atoms with van der Waals surface area (Å²) in [5.74, 6) is 0. The van der Waals surface area contributed by atoms with Crippen molar-refractivity contribution in [3.05, 3.63) is 11.5 Å². The topological polar surface area (TPSA) is 9.23 Å². The molecule has 75 valence electrons. The summed E-state index contributed by atoms with van der Waals surface area (Å²) < 4.78 is 5.87. The monoisotopic (exact) mass is 215 g/mol. The fraction of sp³-hybridized carbons (Fsp3) is 0.800. The van der Waals surface area contributed by atoms with Crippen molar-refractivity contribution in [1.29, 1.82) is 0 Å². The molecule has 0 amide bonds. The number of thioether (sulfide) groups is 1. The van der Waals surface area contributed by atoms with Crippen LogP contribution in [0.3, 0.4) is 0 Å². The number of rotatable bonds is 4. The molecule has 0 aromatic carbocycles. The second-order valence-electron chi connectivity index (χ2n) is 3.49. The van der Waals surface area contributed by atoms with Crippen LogP contribution in [0.5, 0.6) is 0 Å². The van der Waals surface area contributed by atoms with Crippen molar-refractivity contribution in [3.8, 4) is 0 Å². The van der Waals surface area contributed by atoms with E-state index in [1.165, 1.54) is 30.2 Å². The Labute approximate surface area is 87.7 Å². The molecule has 0 aliphatic carbocycles. The summed E-state index contributed by atoms with van der Waals surface area (Å²) in [5.41, 5.74) is 0. The molecule has 1 aliphatic rings. The second-order valence-corrected chi connectivity index (χ2v) is 7.83. The first-order valence-corrected chi connectivity index (χ1v) is 7.62. The highest BCUT2D eigenvalue weighted by molar-refractivity contribution is 8.04. The molecule has 0 aromatic rings. The molecule has 1 nitrogen and oxygen atoms in total. The molecule has 13 heavy (non-hydrogen) atoms. The summed E-state index contributed by atoms with van der Waals surface area (Å²) in [5, 5.41) is 0. The van der Waals surface area contributed by atoms with Gasteiger partial charge in [-0.05, 0) is 30.7 Å². The lowest BCUT2D eigenvalue weighted by molar-refractivity contribution is 0.285. The lowest BCUT2D eigenvalue weighted by Crippen LogP contribution is -2.34. The molecule has 0 saturated carbocycles. The Balaban J connectivity index is 2.39. The summed E-state index contributed by atoms with van der Waals surface area (Å²) in [7, 11) is -0.530. The molecule has 1 saturated heterocycles. The number of allylic oxidation sites excluding steroid dienone is 1. The SMILES string of the molecule is C=C(C)SC(CC)[Si]1CCCCO1. The fourth-order valence-corrected chi connectivity index (χ4v) is 6.00. The molecule has 1 fully saturated rings. The Bertz CT molecular complexity index is 166. The fourth-order valence-electron chi connectivity index (χ4n) is 1.55. The van der Waals surface area contributed by atoms with Gasteiger partial charge in [0.2, 0.25) is 9.04 Å². The molecule has 1 heterocycles. The van der Waals surface area contributed by atoms with Crippen LogP contribution >= 0.6 is 11.8 Å².